The number of nitrogens with zero attached hydrogens (tertiary/aromatic N) is 4. The van der Waals surface area contributed by atoms with E-state index in [1.54, 1.807) is 6.20 Å². The fourth-order valence-corrected chi connectivity index (χ4v) is 5.59. The molecular formula is C30H34ClN5O3. The summed E-state index contributed by atoms with van der Waals surface area (Å²) in [6.45, 7) is 3.19. The number of rotatable bonds is 7. The molecule has 8 nitrogen and oxygen atoms in total. The number of carbonyl (C=O) groups is 2. The summed E-state index contributed by atoms with van der Waals surface area (Å²) in [5.41, 5.74) is 3.86. The molecule has 0 bridgehead atoms. The molecule has 3 aromatic rings. The lowest BCUT2D eigenvalue weighted by Gasteiger charge is -2.37. The van der Waals surface area contributed by atoms with E-state index in [1.165, 1.54) is 7.11 Å². The van der Waals surface area contributed by atoms with Crippen molar-refractivity contribution in [1.82, 2.24) is 19.8 Å². The SMILES string of the molecule is COC(=O)CN1CCC(C(=O)N2CCC(Nc3ncc(Cl)c(-c4cccc(-c5ccccc5)c4)n3)CC2)CC1. The van der Waals surface area contributed by atoms with E-state index in [0.717, 1.165) is 55.5 Å². The van der Waals surface area contributed by atoms with Crippen molar-refractivity contribution in [3.05, 3.63) is 65.8 Å². The lowest BCUT2D eigenvalue weighted by molar-refractivity contribution is -0.142. The van der Waals surface area contributed by atoms with Gasteiger partial charge in [0.1, 0.15) is 0 Å². The first-order valence-corrected chi connectivity index (χ1v) is 13.9. The first-order chi connectivity index (χ1) is 19.0. The topological polar surface area (TPSA) is 87.7 Å². The molecule has 0 saturated carbocycles. The third-order valence-electron chi connectivity index (χ3n) is 7.64. The highest BCUT2D eigenvalue weighted by Gasteiger charge is 2.31. The molecule has 0 aliphatic carbocycles. The van der Waals surface area contributed by atoms with Crippen molar-refractivity contribution >= 4 is 29.4 Å². The van der Waals surface area contributed by atoms with Crippen LogP contribution in [0.2, 0.25) is 5.02 Å². The Labute approximate surface area is 234 Å². The van der Waals surface area contributed by atoms with Crippen LogP contribution < -0.4 is 5.32 Å². The van der Waals surface area contributed by atoms with Crippen LogP contribution in [0.4, 0.5) is 5.95 Å². The number of methoxy groups -OCH3 is 1. The van der Waals surface area contributed by atoms with E-state index < -0.39 is 0 Å². The maximum atomic E-state index is 13.1. The standard InChI is InChI=1S/C30H34ClN5O3/c1-39-27(37)20-35-14-10-22(11-15-35)29(38)36-16-12-25(13-17-36)33-30-32-19-26(31)28(34-30)24-9-5-8-23(18-24)21-6-3-2-4-7-21/h2-9,18-19,22,25H,10-17,20H2,1H3,(H,32,33,34). The minimum absolute atomic E-state index is 0.0252. The van der Waals surface area contributed by atoms with Gasteiger partial charge in [0.15, 0.2) is 0 Å². The molecule has 1 N–H and O–H groups in total. The Morgan fingerprint density at radius 3 is 2.36 bits per heavy atom. The van der Waals surface area contributed by atoms with Crippen LogP contribution in [-0.4, -0.2) is 77.5 Å². The Balaban J connectivity index is 1.16. The summed E-state index contributed by atoms with van der Waals surface area (Å²) in [5, 5.41) is 3.97. The molecule has 2 aliphatic rings. The first-order valence-electron chi connectivity index (χ1n) is 13.5. The molecule has 2 saturated heterocycles. The summed E-state index contributed by atoms with van der Waals surface area (Å²) in [6.07, 6.45) is 4.86. The lowest BCUT2D eigenvalue weighted by atomic mass is 9.94. The monoisotopic (exact) mass is 547 g/mol. The molecule has 2 aromatic carbocycles. The minimum atomic E-state index is -0.230. The Morgan fingerprint density at radius 1 is 0.949 bits per heavy atom. The van der Waals surface area contributed by atoms with Gasteiger partial charge in [0.05, 0.1) is 30.6 Å². The molecule has 204 valence electrons. The van der Waals surface area contributed by atoms with Crippen molar-refractivity contribution in [2.24, 2.45) is 5.92 Å². The van der Waals surface area contributed by atoms with Crippen molar-refractivity contribution in [3.8, 4) is 22.4 Å². The number of hydrogen-bond acceptors (Lipinski definition) is 7. The van der Waals surface area contributed by atoms with Gasteiger partial charge in [-0.05, 0) is 56.0 Å². The zero-order valence-electron chi connectivity index (χ0n) is 22.2. The van der Waals surface area contributed by atoms with Gasteiger partial charge in [-0.15, -0.1) is 0 Å². The van der Waals surface area contributed by atoms with Gasteiger partial charge in [0.2, 0.25) is 11.9 Å². The van der Waals surface area contributed by atoms with Gasteiger partial charge < -0.3 is 15.0 Å². The third kappa shape index (κ3) is 6.75. The first kappa shape index (κ1) is 27.1. The van der Waals surface area contributed by atoms with E-state index in [-0.39, 0.29) is 23.8 Å². The van der Waals surface area contributed by atoms with Crippen LogP contribution in [0.15, 0.2) is 60.8 Å². The van der Waals surface area contributed by atoms with Gasteiger partial charge in [0.25, 0.3) is 0 Å². The average Bonchev–Trinajstić information content (AvgIpc) is 2.99. The van der Waals surface area contributed by atoms with Crippen LogP contribution in [0.1, 0.15) is 25.7 Å². The maximum absolute atomic E-state index is 13.1. The van der Waals surface area contributed by atoms with Gasteiger partial charge >= 0.3 is 5.97 Å². The fourth-order valence-electron chi connectivity index (χ4n) is 5.39. The van der Waals surface area contributed by atoms with Crippen LogP contribution >= 0.6 is 11.6 Å². The number of esters is 1. The summed E-state index contributed by atoms with van der Waals surface area (Å²) in [5.74, 6) is 0.570. The summed E-state index contributed by atoms with van der Waals surface area (Å²) in [4.78, 5) is 37.9. The van der Waals surface area contributed by atoms with Gasteiger partial charge in [0, 0.05) is 30.6 Å². The summed E-state index contributed by atoms with van der Waals surface area (Å²) in [6, 6.07) is 18.6. The molecule has 3 heterocycles. The molecule has 0 radical (unpaired) electrons. The fraction of sp³-hybridized carbons (Fsp3) is 0.400. The molecule has 5 rings (SSSR count). The molecular weight excluding hydrogens is 514 g/mol. The van der Waals surface area contributed by atoms with Crippen LogP contribution in [-0.2, 0) is 14.3 Å². The van der Waals surface area contributed by atoms with E-state index in [0.29, 0.717) is 36.3 Å². The molecule has 39 heavy (non-hydrogen) atoms. The number of ether oxygens (including phenoxy) is 1. The zero-order valence-corrected chi connectivity index (χ0v) is 22.9. The van der Waals surface area contributed by atoms with Gasteiger partial charge in [-0.3, -0.25) is 14.5 Å². The summed E-state index contributed by atoms with van der Waals surface area (Å²) >= 11 is 6.52. The number of halogens is 1. The van der Waals surface area contributed by atoms with Gasteiger partial charge in [-0.1, -0.05) is 60.1 Å². The van der Waals surface area contributed by atoms with E-state index >= 15 is 0 Å². The number of nitrogens with one attached hydrogen (secondary N) is 1. The van der Waals surface area contributed by atoms with Crippen LogP contribution in [0.3, 0.4) is 0 Å². The molecule has 2 aliphatic heterocycles. The number of amides is 1. The smallest absolute Gasteiger partial charge is 0.319 e. The molecule has 1 amide bonds. The highest BCUT2D eigenvalue weighted by atomic mass is 35.5. The van der Waals surface area contributed by atoms with Gasteiger partial charge in [-0.2, -0.15) is 0 Å². The number of benzene rings is 2. The number of anilines is 1. The van der Waals surface area contributed by atoms with Crippen LogP contribution in [0, 0.1) is 5.92 Å². The zero-order chi connectivity index (χ0) is 27.2. The molecule has 0 spiro atoms. The largest absolute Gasteiger partial charge is 0.468 e. The van der Waals surface area contributed by atoms with E-state index in [9.17, 15) is 9.59 Å². The average molecular weight is 548 g/mol. The highest BCUT2D eigenvalue weighted by Crippen LogP contribution is 2.30. The minimum Gasteiger partial charge on any atom is -0.468 e. The molecule has 0 atom stereocenters. The predicted molar refractivity (Wildman–Crippen MR) is 152 cm³/mol. The second-order valence-corrected chi connectivity index (χ2v) is 10.6. The molecule has 2 fully saturated rings. The van der Waals surface area contributed by atoms with Crippen molar-refractivity contribution in [1.29, 1.82) is 0 Å². The van der Waals surface area contributed by atoms with E-state index in [1.807, 2.05) is 35.2 Å². The Hall–Kier alpha value is -3.49. The summed E-state index contributed by atoms with van der Waals surface area (Å²) in [7, 11) is 1.40. The van der Waals surface area contributed by atoms with Crippen molar-refractivity contribution in [2.45, 2.75) is 31.7 Å². The van der Waals surface area contributed by atoms with E-state index in [2.05, 4.69) is 39.5 Å². The second kappa shape index (κ2) is 12.6. The third-order valence-corrected chi connectivity index (χ3v) is 7.92. The van der Waals surface area contributed by atoms with Crippen molar-refractivity contribution < 1.29 is 14.3 Å². The summed E-state index contributed by atoms with van der Waals surface area (Å²) < 4.78 is 4.75. The second-order valence-electron chi connectivity index (χ2n) is 10.2. The molecule has 1 aromatic heterocycles. The normalized spacial score (nSPS) is 17.1. The maximum Gasteiger partial charge on any atom is 0.319 e. The highest BCUT2D eigenvalue weighted by molar-refractivity contribution is 6.32. The Morgan fingerprint density at radius 2 is 1.64 bits per heavy atom. The quantitative estimate of drug-likeness (QED) is 0.427. The van der Waals surface area contributed by atoms with Crippen LogP contribution in [0.25, 0.3) is 22.4 Å². The number of aromatic nitrogens is 2. The van der Waals surface area contributed by atoms with Crippen molar-refractivity contribution in [2.75, 3.05) is 45.2 Å². The number of hydrogen-bond donors (Lipinski definition) is 1. The molecule has 9 heteroatoms. The van der Waals surface area contributed by atoms with Gasteiger partial charge in [-0.25, -0.2) is 9.97 Å². The number of likely N-dealkylation sites (tertiary alicyclic amines) is 2. The van der Waals surface area contributed by atoms with Crippen LogP contribution in [0.5, 0.6) is 0 Å². The van der Waals surface area contributed by atoms with Crippen molar-refractivity contribution in [3.63, 3.8) is 0 Å². The Kier molecular flexibility index (Phi) is 8.74. The number of carbonyl (C=O) groups excluding carboxylic acids is 2. The lowest BCUT2D eigenvalue weighted by Crippen LogP contribution is -2.47. The number of piperidine rings is 2. The predicted octanol–water partition coefficient (Wildman–Crippen LogP) is 4.75. The van der Waals surface area contributed by atoms with E-state index in [4.69, 9.17) is 21.3 Å². The Bertz CT molecular complexity index is 1290. The molecule has 0 unspecified atom stereocenters.